The van der Waals surface area contributed by atoms with Crippen molar-refractivity contribution in [2.45, 2.75) is 44.5 Å². The molecule has 5 aromatic rings. The van der Waals surface area contributed by atoms with Gasteiger partial charge >= 0.3 is 5.97 Å². The summed E-state index contributed by atoms with van der Waals surface area (Å²) in [5.41, 5.74) is 0.551. The molecule has 2 saturated heterocycles. The molecule has 2 atom stereocenters. The third-order valence-electron chi connectivity index (χ3n) is 11.2. The number of aliphatic hydroxyl groups is 1. The minimum absolute atomic E-state index is 0.00391. The average Bonchev–Trinajstić information content (AvgIpc) is 3.72. The van der Waals surface area contributed by atoms with Crippen molar-refractivity contribution in [3.05, 3.63) is 80.4 Å². The number of hydrogen-bond donors (Lipinski definition) is 3. The molecule has 0 bridgehead atoms. The second kappa shape index (κ2) is 13.9. The smallest absolute Gasteiger partial charge is 0.341 e. The summed E-state index contributed by atoms with van der Waals surface area (Å²) in [4.78, 5) is 74.0. The van der Waals surface area contributed by atoms with Crippen LogP contribution in [0.15, 0.2) is 57.4 Å². The summed E-state index contributed by atoms with van der Waals surface area (Å²) in [6.45, 7) is 1.79. The van der Waals surface area contributed by atoms with Crippen LogP contribution >= 0.6 is 0 Å². The van der Waals surface area contributed by atoms with Gasteiger partial charge in [0.1, 0.15) is 23.7 Å². The second-order valence-corrected chi connectivity index (χ2v) is 14.5. The number of pyridine rings is 1. The monoisotopic (exact) mass is 767 g/mol. The van der Waals surface area contributed by atoms with E-state index in [9.17, 15) is 24.3 Å². The zero-order valence-electron chi connectivity index (χ0n) is 30.4. The molecule has 0 spiro atoms. The van der Waals surface area contributed by atoms with Crippen LogP contribution in [0.3, 0.4) is 0 Å². The molecule has 1 saturated carbocycles. The van der Waals surface area contributed by atoms with Gasteiger partial charge in [0.2, 0.25) is 11.4 Å². The van der Waals surface area contributed by atoms with Crippen molar-refractivity contribution in [1.29, 1.82) is 0 Å². The van der Waals surface area contributed by atoms with Crippen molar-refractivity contribution in [3.8, 4) is 5.75 Å². The first-order valence-electron chi connectivity index (χ1n) is 18.5. The molecule has 3 N–H and O–H groups in total. The van der Waals surface area contributed by atoms with Crippen molar-refractivity contribution >= 4 is 57.0 Å². The number of aliphatic hydroxyl groups excluding tert-OH is 1. The molecule has 4 aliphatic rings. The molecule has 3 aromatic heterocycles. The number of anilines is 2. The number of nitrogens with zero attached hydrogens (tertiary/aromatic N) is 8. The van der Waals surface area contributed by atoms with E-state index in [1.165, 1.54) is 24.2 Å². The number of carbonyl (C=O) groups is 2. The Bertz CT molecular complexity index is 2580. The minimum atomic E-state index is -1.37. The van der Waals surface area contributed by atoms with Crippen LogP contribution in [0.5, 0.6) is 5.75 Å². The fraction of sp³-hybridized carbons (Fsp3) is 0.395. The number of ether oxygens (including phenoxy) is 2. The second-order valence-electron chi connectivity index (χ2n) is 14.5. The van der Waals surface area contributed by atoms with E-state index >= 15 is 4.39 Å². The molecule has 6 heterocycles. The summed E-state index contributed by atoms with van der Waals surface area (Å²) >= 11 is 0. The Morgan fingerprint density at radius 2 is 1.96 bits per heavy atom. The number of fused-ring (bicyclic) bond motifs is 4. The first-order valence-corrected chi connectivity index (χ1v) is 18.5. The van der Waals surface area contributed by atoms with E-state index in [1.54, 1.807) is 21.6 Å². The number of aromatic carboxylic acids is 1. The molecular weight excluding hydrogens is 729 g/mol. The van der Waals surface area contributed by atoms with E-state index < -0.39 is 28.3 Å². The number of para-hydroxylation sites is 1. The number of aromatic nitrogens is 5. The Labute approximate surface area is 317 Å². The van der Waals surface area contributed by atoms with Crippen LogP contribution in [0.1, 0.15) is 47.6 Å². The molecule has 1 amide bonds. The largest absolute Gasteiger partial charge is 0.492 e. The van der Waals surface area contributed by atoms with Crippen LogP contribution < -0.4 is 25.5 Å². The van der Waals surface area contributed by atoms with E-state index in [1.807, 2.05) is 17.0 Å². The number of halogens is 1. The quantitative estimate of drug-likeness (QED) is 0.166. The van der Waals surface area contributed by atoms with Crippen LogP contribution in [0, 0.1) is 11.7 Å². The molecule has 18 heteroatoms. The van der Waals surface area contributed by atoms with Crippen LogP contribution in [0.2, 0.25) is 0 Å². The van der Waals surface area contributed by atoms with Gasteiger partial charge in [-0.25, -0.2) is 19.2 Å². The Kier molecular flexibility index (Phi) is 8.89. The highest BCUT2D eigenvalue weighted by Crippen LogP contribution is 2.46. The summed E-state index contributed by atoms with van der Waals surface area (Å²) in [5, 5.41) is 18.8. The van der Waals surface area contributed by atoms with Gasteiger partial charge in [-0.05, 0) is 43.7 Å². The van der Waals surface area contributed by atoms with Crippen molar-refractivity contribution in [2.24, 2.45) is 10.9 Å². The summed E-state index contributed by atoms with van der Waals surface area (Å²) in [6, 6.07) is 8.34. The van der Waals surface area contributed by atoms with Gasteiger partial charge in [-0.15, -0.1) is 0 Å². The lowest BCUT2D eigenvalue weighted by molar-refractivity contribution is -0.112. The maximum absolute atomic E-state index is 16.3. The molecule has 3 aliphatic heterocycles. The standard InChI is InChI=1S/C38H38FN9O8/c1-55-33-30-23(32(50)24(37(53)54)15-47(30)21-8-9-21)13-25(39)31(33)45-14-20-5-4-10-44(27(20)16-45)18-48-26-7-3-2-6-22(26)28(36(48)52)41-38-42-34-29(35(51)43-38)40-17-46(34)19-56-12-11-49/h2-3,6-7,13,15,17,20-21,27,49H,4-5,8-12,14,16,18-19H2,1H3,(H,53,54)(H,42,43,51)/b41-28-/t20-,27+/m0/s1. The normalized spacial score (nSPS) is 20.4. The fourth-order valence-electron chi connectivity index (χ4n) is 8.47. The summed E-state index contributed by atoms with van der Waals surface area (Å²) in [6.07, 6.45) is 6.11. The number of piperidine rings is 1. The van der Waals surface area contributed by atoms with Gasteiger partial charge in [0.25, 0.3) is 11.5 Å². The molecule has 9 rings (SSSR count). The number of methoxy groups -OCH3 is 1. The molecule has 2 aromatic carbocycles. The molecule has 1 aliphatic carbocycles. The van der Waals surface area contributed by atoms with Crippen LogP contribution in [-0.4, -0.2) is 109 Å². The van der Waals surface area contributed by atoms with E-state index in [-0.39, 0.29) is 90.2 Å². The molecule has 17 nitrogen and oxygen atoms in total. The lowest BCUT2D eigenvalue weighted by Gasteiger charge is -2.38. The highest BCUT2D eigenvalue weighted by Gasteiger charge is 2.44. The number of rotatable bonds is 11. The number of carboxylic acids is 1. The molecule has 0 radical (unpaired) electrons. The highest BCUT2D eigenvalue weighted by molar-refractivity contribution is 6.54. The van der Waals surface area contributed by atoms with E-state index in [4.69, 9.17) is 14.6 Å². The minimum Gasteiger partial charge on any atom is -0.492 e. The highest BCUT2D eigenvalue weighted by atomic mass is 19.1. The number of nitrogens with one attached hydrogen (secondary N) is 1. The van der Waals surface area contributed by atoms with Crippen molar-refractivity contribution in [1.82, 2.24) is 29.0 Å². The van der Waals surface area contributed by atoms with Crippen molar-refractivity contribution < 1.29 is 33.7 Å². The Hall–Kier alpha value is -5.98. The molecule has 3 fully saturated rings. The maximum Gasteiger partial charge on any atom is 0.341 e. The van der Waals surface area contributed by atoms with Gasteiger partial charge in [0.05, 0.1) is 49.9 Å². The predicted molar refractivity (Wildman–Crippen MR) is 202 cm³/mol. The van der Waals surface area contributed by atoms with E-state index in [0.717, 1.165) is 31.7 Å². The van der Waals surface area contributed by atoms with Gasteiger partial charge < -0.3 is 29.2 Å². The zero-order valence-corrected chi connectivity index (χ0v) is 30.4. The van der Waals surface area contributed by atoms with Crippen molar-refractivity contribution in [2.75, 3.05) is 56.4 Å². The van der Waals surface area contributed by atoms with Gasteiger partial charge in [0, 0.05) is 43.5 Å². The number of H-pyrrole nitrogens is 1. The molecular formula is C38H38FN9O8. The third-order valence-corrected chi connectivity index (χ3v) is 11.2. The Morgan fingerprint density at radius 3 is 2.73 bits per heavy atom. The number of amides is 1. The number of imidazole rings is 1. The molecule has 290 valence electrons. The number of aromatic amines is 1. The number of hydrogen-bond acceptors (Lipinski definition) is 12. The molecule has 56 heavy (non-hydrogen) atoms. The fourth-order valence-corrected chi connectivity index (χ4v) is 8.47. The van der Waals surface area contributed by atoms with Crippen LogP contribution in [0.4, 0.5) is 21.7 Å². The van der Waals surface area contributed by atoms with Gasteiger partial charge in [-0.2, -0.15) is 4.98 Å². The van der Waals surface area contributed by atoms with Crippen LogP contribution in [-0.2, 0) is 16.3 Å². The third kappa shape index (κ3) is 5.91. The van der Waals surface area contributed by atoms with Gasteiger partial charge in [-0.1, -0.05) is 18.2 Å². The summed E-state index contributed by atoms with van der Waals surface area (Å²) < 4.78 is 30.8. The lowest BCUT2D eigenvalue weighted by atomic mass is 9.92. The lowest BCUT2D eigenvalue weighted by Crippen LogP contribution is -2.51. The predicted octanol–water partition coefficient (Wildman–Crippen LogP) is 2.61. The van der Waals surface area contributed by atoms with Gasteiger partial charge in [0.15, 0.2) is 22.7 Å². The Balaban J connectivity index is 1.02. The first-order chi connectivity index (χ1) is 27.2. The SMILES string of the molecule is COc1c(N2C[C@@H]3CCCN(CN4C(=O)/C(=N\c5nc6c(ncn6COCCO)c(=O)[nH]5)c5ccccc54)[C@@H]3C2)c(F)cc2c(=O)c(C(=O)O)cn(C3CC3)c12. The van der Waals surface area contributed by atoms with E-state index in [2.05, 4.69) is 24.8 Å². The summed E-state index contributed by atoms with van der Waals surface area (Å²) in [5.74, 6) is -2.15. The number of carbonyl (C=O) groups excluding carboxylic acids is 1. The zero-order chi connectivity index (χ0) is 38.8. The van der Waals surface area contributed by atoms with E-state index in [0.29, 0.717) is 36.4 Å². The molecule has 0 unspecified atom stereocenters. The number of carboxylic acid groups (broad SMARTS) is 1. The maximum atomic E-state index is 16.3. The van der Waals surface area contributed by atoms with Crippen molar-refractivity contribution in [3.63, 3.8) is 0 Å². The first kappa shape index (κ1) is 35.7. The average molecular weight is 768 g/mol. The topological polar surface area (TPSA) is 201 Å². The van der Waals surface area contributed by atoms with Gasteiger partial charge in [-0.3, -0.25) is 33.7 Å². The summed E-state index contributed by atoms with van der Waals surface area (Å²) in [7, 11) is 1.43. The Morgan fingerprint density at radius 1 is 1.14 bits per heavy atom. The number of likely N-dealkylation sites (tertiary alicyclic amines) is 1. The number of benzene rings is 2. The van der Waals surface area contributed by atoms with Crippen LogP contribution in [0.25, 0.3) is 22.1 Å². The number of aliphatic imine (C=N–C) groups is 1.